The zero-order chi connectivity index (χ0) is 14.6. The van der Waals surface area contributed by atoms with E-state index in [9.17, 15) is 15.2 Å². The number of aliphatic hydroxyl groups is 1. The molecule has 0 atom stereocenters. The minimum absolute atomic E-state index is 0.0665. The predicted molar refractivity (Wildman–Crippen MR) is 78.0 cm³/mol. The minimum atomic E-state index is -0.788. The van der Waals surface area contributed by atoms with E-state index in [4.69, 9.17) is 0 Å². The number of likely N-dealkylation sites (N-methyl/N-ethyl adjacent to an activating group) is 1. The van der Waals surface area contributed by atoms with Gasteiger partial charge in [0, 0.05) is 19.2 Å². The molecule has 0 saturated heterocycles. The molecule has 5 nitrogen and oxygen atoms in total. The van der Waals surface area contributed by atoms with Crippen molar-refractivity contribution in [1.82, 2.24) is 4.90 Å². The second kappa shape index (κ2) is 6.45. The molecule has 0 bridgehead atoms. The van der Waals surface area contributed by atoms with Crippen LogP contribution in [-0.4, -0.2) is 33.6 Å². The highest BCUT2D eigenvalue weighted by atomic mass is 79.9. The zero-order valence-corrected chi connectivity index (χ0v) is 13.0. The standard InChI is InChI=1S/C13H19BrN2O3/c1-4-15(9-13(2,3)17)8-10-6-5-7-11(12(10)14)16(18)19/h5-7,17H,4,8-9H2,1-3H3. The van der Waals surface area contributed by atoms with Gasteiger partial charge < -0.3 is 5.11 Å². The normalized spacial score (nSPS) is 11.9. The van der Waals surface area contributed by atoms with Crippen LogP contribution in [0.25, 0.3) is 0 Å². The Labute approximate surface area is 121 Å². The molecule has 0 fully saturated rings. The highest BCUT2D eigenvalue weighted by molar-refractivity contribution is 9.10. The Kier molecular flexibility index (Phi) is 5.46. The summed E-state index contributed by atoms with van der Waals surface area (Å²) >= 11 is 3.29. The quantitative estimate of drug-likeness (QED) is 0.643. The van der Waals surface area contributed by atoms with Crippen molar-refractivity contribution < 1.29 is 10.0 Å². The predicted octanol–water partition coefficient (Wildman–Crippen LogP) is 2.95. The van der Waals surface area contributed by atoms with Crippen molar-refractivity contribution in [3.8, 4) is 0 Å². The van der Waals surface area contributed by atoms with Gasteiger partial charge in [0.15, 0.2) is 0 Å². The first-order valence-electron chi connectivity index (χ1n) is 6.11. The number of nitro groups is 1. The molecule has 0 aliphatic carbocycles. The molecule has 1 N–H and O–H groups in total. The van der Waals surface area contributed by atoms with Crippen LogP contribution >= 0.6 is 15.9 Å². The van der Waals surface area contributed by atoms with Gasteiger partial charge in [0.1, 0.15) is 0 Å². The highest BCUT2D eigenvalue weighted by Crippen LogP contribution is 2.29. The number of nitro benzene ring substituents is 1. The Balaban J connectivity index is 2.92. The molecule has 0 aromatic heterocycles. The van der Waals surface area contributed by atoms with Crippen molar-refractivity contribution in [2.45, 2.75) is 32.9 Å². The third kappa shape index (κ3) is 4.89. The number of hydrogen-bond acceptors (Lipinski definition) is 4. The van der Waals surface area contributed by atoms with Crippen LogP contribution in [0.2, 0.25) is 0 Å². The van der Waals surface area contributed by atoms with Crippen molar-refractivity contribution in [2.24, 2.45) is 0 Å². The van der Waals surface area contributed by atoms with Gasteiger partial charge in [0.25, 0.3) is 5.69 Å². The Morgan fingerprint density at radius 3 is 2.58 bits per heavy atom. The zero-order valence-electron chi connectivity index (χ0n) is 11.4. The van der Waals surface area contributed by atoms with Crippen LogP contribution in [0.4, 0.5) is 5.69 Å². The third-order valence-corrected chi connectivity index (χ3v) is 3.62. The molecular formula is C13H19BrN2O3. The van der Waals surface area contributed by atoms with Gasteiger partial charge in [-0.25, -0.2) is 0 Å². The van der Waals surface area contributed by atoms with E-state index in [1.54, 1.807) is 19.9 Å². The van der Waals surface area contributed by atoms with E-state index < -0.39 is 10.5 Å². The highest BCUT2D eigenvalue weighted by Gasteiger charge is 2.20. The average molecular weight is 331 g/mol. The smallest absolute Gasteiger partial charge is 0.283 e. The van der Waals surface area contributed by atoms with Crippen molar-refractivity contribution in [3.05, 3.63) is 38.3 Å². The number of benzene rings is 1. The summed E-state index contributed by atoms with van der Waals surface area (Å²) in [5.74, 6) is 0. The maximum Gasteiger partial charge on any atom is 0.283 e. The van der Waals surface area contributed by atoms with E-state index in [0.29, 0.717) is 17.6 Å². The summed E-state index contributed by atoms with van der Waals surface area (Å²) in [5, 5.41) is 20.7. The van der Waals surface area contributed by atoms with Crippen LogP contribution in [0.3, 0.4) is 0 Å². The molecule has 1 aromatic rings. The summed E-state index contributed by atoms with van der Waals surface area (Å²) in [6.07, 6.45) is 0. The first-order valence-corrected chi connectivity index (χ1v) is 6.90. The molecule has 0 saturated carbocycles. The number of halogens is 1. The third-order valence-electron chi connectivity index (χ3n) is 2.71. The van der Waals surface area contributed by atoms with Gasteiger partial charge in [-0.1, -0.05) is 19.1 Å². The fraction of sp³-hybridized carbons (Fsp3) is 0.538. The fourth-order valence-electron chi connectivity index (χ4n) is 1.90. The first kappa shape index (κ1) is 16.1. The van der Waals surface area contributed by atoms with E-state index in [1.165, 1.54) is 6.07 Å². The van der Waals surface area contributed by atoms with E-state index in [1.807, 2.05) is 17.9 Å². The van der Waals surface area contributed by atoms with Crippen LogP contribution in [-0.2, 0) is 6.54 Å². The van der Waals surface area contributed by atoms with Gasteiger partial charge >= 0.3 is 0 Å². The molecule has 0 spiro atoms. The molecule has 19 heavy (non-hydrogen) atoms. The Morgan fingerprint density at radius 2 is 2.11 bits per heavy atom. The molecule has 0 unspecified atom stereocenters. The summed E-state index contributed by atoms with van der Waals surface area (Å²) in [6, 6.07) is 5.00. The maximum absolute atomic E-state index is 10.9. The Hall–Kier alpha value is -0.980. The van der Waals surface area contributed by atoms with Crippen LogP contribution < -0.4 is 0 Å². The SMILES string of the molecule is CCN(Cc1cccc([N+](=O)[O-])c1Br)CC(C)(C)O. The van der Waals surface area contributed by atoms with Crippen molar-refractivity contribution in [3.63, 3.8) is 0 Å². The fourth-order valence-corrected chi connectivity index (χ4v) is 2.43. The summed E-state index contributed by atoms with van der Waals surface area (Å²) in [4.78, 5) is 12.5. The van der Waals surface area contributed by atoms with Gasteiger partial charge in [0.05, 0.1) is 15.0 Å². The van der Waals surface area contributed by atoms with Crippen molar-refractivity contribution in [2.75, 3.05) is 13.1 Å². The van der Waals surface area contributed by atoms with Gasteiger partial charge in [-0.05, 0) is 41.9 Å². The lowest BCUT2D eigenvalue weighted by atomic mass is 10.1. The lowest BCUT2D eigenvalue weighted by Crippen LogP contribution is -2.38. The average Bonchev–Trinajstić information content (AvgIpc) is 2.28. The second-order valence-corrected chi connectivity index (χ2v) is 5.92. The van der Waals surface area contributed by atoms with Gasteiger partial charge in [-0.15, -0.1) is 0 Å². The second-order valence-electron chi connectivity index (χ2n) is 5.12. The lowest BCUT2D eigenvalue weighted by molar-refractivity contribution is -0.385. The number of nitrogens with zero attached hydrogens (tertiary/aromatic N) is 2. The van der Waals surface area contributed by atoms with E-state index in [0.717, 1.165) is 12.1 Å². The summed E-state index contributed by atoms with van der Waals surface area (Å²) < 4.78 is 0.509. The van der Waals surface area contributed by atoms with Gasteiger partial charge in [-0.2, -0.15) is 0 Å². The van der Waals surface area contributed by atoms with Crippen LogP contribution in [0.5, 0.6) is 0 Å². The van der Waals surface area contributed by atoms with Crippen LogP contribution in [0, 0.1) is 10.1 Å². The molecule has 1 aromatic carbocycles. The summed E-state index contributed by atoms with van der Waals surface area (Å²) in [5.41, 5.74) is 0.126. The Morgan fingerprint density at radius 1 is 1.47 bits per heavy atom. The lowest BCUT2D eigenvalue weighted by Gasteiger charge is -2.28. The van der Waals surface area contributed by atoms with Crippen LogP contribution in [0.15, 0.2) is 22.7 Å². The molecule has 6 heteroatoms. The van der Waals surface area contributed by atoms with Gasteiger partial charge in [0.2, 0.25) is 0 Å². The molecule has 0 aliphatic rings. The molecule has 0 radical (unpaired) electrons. The molecular weight excluding hydrogens is 312 g/mol. The van der Waals surface area contributed by atoms with E-state index in [-0.39, 0.29) is 5.69 Å². The molecule has 0 heterocycles. The maximum atomic E-state index is 10.9. The van der Waals surface area contributed by atoms with Gasteiger partial charge in [-0.3, -0.25) is 15.0 Å². The van der Waals surface area contributed by atoms with E-state index in [2.05, 4.69) is 15.9 Å². The van der Waals surface area contributed by atoms with E-state index >= 15 is 0 Å². The first-order chi connectivity index (χ1) is 8.74. The number of rotatable bonds is 6. The minimum Gasteiger partial charge on any atom is -0.389 e. The topological polar surface area (TPSA) is 66.6 Å². The summed E-state index contributed by atoms with van der Waals surface area (Å²) in [6.45, 7) is 7.33. The monoisotopic (exact) mass is 330 g/mol. The van der Waals surface area contributed by atoms with Crippen LogP contribution in [0.1, 0.15) is 26.3 Å². The molecule has 106 valence electrons. The Bertz CT molecular complexity index is 458. The molecule has 0 amide bonds. The largest absolute Gasteiger partial charge is 0.389 e. The molecule has 0 aliphatic heterocycles. The summed E-state index contributed by atoms with van der Waals surface area (Å²) in [7, 11) is 0. The van der Waals surface area contributed by atoms with Crippen molar-refractivity contribution >= 4 is 21.6 Å². The number of hydrogen-bond donors (Lipinski definition) is 1. The van der Waals surface area contributed by atoms with Crippen molar-refractivity contribution in [1.29, 1.82) is 0 Å². The molecule has 1 rings (SSSR count).